The van der Waals surface area contributed by atoms with E-state index in [1.807, 2.05) is 18.3 Å². The van der Waals surface area contributed by atoms with Crippen molar-refractivity contribution in [2.24, 2.45) is 5.92 Å². The van der Waals surface area contributed by atoms with Crippen molar-refractivity contribution in [2.75, 3.05) is 42.5 Å². The van der Waals surface area contributed by atoms with Crippen LogP contribution >= 0.6 is 11.6 Å². The number of aromatic nitrogens is 1. The molecule has 0 spiro atoms. The number of aryl methyl sites for hydroxylation is 1. The van der Waals surface area contributed by atoms with Crippen molar-refractivity contribution in [3.8, 4) is 0 Å². The number of benzene rings is 2. The van der Waals surface area contributed by atoms with Gasteiger partial charge in [0.05, 0.1) is 10.7 Å². The Hall–Kier alpha value is -2.50. The molecular formula is C29H35ClN4O. The Kier molecular flexibility index (Phi) is 6.46. The lowest BCUT2D eigenvalue weighted by atomic mass is 9.86. The number of hydrogen-bond donors (Lipinski definition) is 1. The van der Waals surface area contributed by atoms with Gasteiger partial charge in [0.25, 0.3) is 0 Å². The molecule has 1 saturated heterocycles. The number of halogens is 1. The Labute approximate surface area is 213 Å². The molecule has 6 rings (SSSR count). The van der Waals surface area contributed by atoms with Crippen LogP contribution in [0.1, 0.15) is 44.1 Å². The molecule has 3 aromatic rings. The molecule has 1 atom stereocenters. The molecule has 3 heterocycles. The van der Waals surface area contributed by atoms with Gasteiger partial charge in [-0.05, 0) is 55.5 Å². The fourth-order valence-corrected chi connectivity index (χ4v) is 6.77. The van der Waals surface area contributed by atoms with Crippen molar-refractivity contribution in [3.05, 3.63) is 59.2 Å². The first-order valence-electron chi connectivity index (χ1n) is 13.3. The lowest BCUT2D eigenvalue weighted by Crippen LogP contribution is -2.55. The second-order valence-electron chi connectivity index (χ2n) is 10.5. The number of anilines is 2. The highest BCUT2D eigenvalue weighted by molar-refractivity contribution is 6.34. The van der Waals surface area contributed by atoms with Crippen LogP contribution in [0.5, 0.6) is 0 Å². The van der Waals surface area contributed by atoms with Crippen LogP contribution in [-0.2, 0) is 11.2 Å². The second-order valence-corrected chi connectivity index (χ2v) is 10.9. The SMILES string of the molecule is O=C(C1CCCCC1)N1c2c(Cl)cccc2CCC1CN1CCN(c2cccc3[nH]ccc23)CC1. The van der Waals surface area contributed by atoms with Gasteiger partial charge in [0.1, 0.15) is 0 Å². The zero-order valence-electron chi connectivity index (χ0n) is 20.4. The van der Waals surface area contributed by atoms with E-state index in [9.17, 15) is 4.79 Å². The van der Waals surface area contributed by atoms with E-state index in [0.29, 0.717) is 5.91 Å². The Balaban J connectivity index is 1.19. The summed E-state index contributed by atoms with van der Waals surface area (Å²) in [6.45, 7) is 4.96. The van der Waals surface area contributed by atoms with Gasteiger partial charge in [-0.25, -0.2) is 0 Å². The van der Waals surface area contributed by atoms with Crippen LogP contribution < -0.4 is 9.80 Å². The lowest BCUT2D eigenvalue weighted by Gasteiger charge is -2.44. The third-order valence-electron chi connectivity index (χ3n) is 8.37. The topological polar surface area (TPSA) is 42.6 Å². The van der Waals surface area contributed by atoms with Crippen LogP contribution in [0.25, 0.3) is 10.9 Å². The van der Waals surface area contributed by atoms with E-state index in [2.05, 4.69) is 50.0 Å². The maximum Gasteiger partial charge on any atom is 0.230 e. The number of nitrogens with one attached hydrogen (secondary N) is 1. The van der Waals surface area contributed by atoms with Crippen molar-refractivity contribution in [1.29, 1.82) is 0 Å². The van der Waals surface area contributed by atoms with Crippen LogP contribution in [-0.4, -0.2) is 54.6 Å². The number of amides is 1. The fraction of sp³-hybridized carbons (Fsp3) is 0.483. The average Bonchev–Trinajstić information content (AvgIpc) is 3.39. The highest BCUT2D eigenvalue weighted by atomic mass is 35.5. The second kappa shape index (κ2) is 9.87. The van der Waals surface area contributed by atoms with E-state index in [0.717, 1.165) is 69.1 Å². The molecule has 2 fully saturated rings. The van der Waals surface area contributed by atoms with Gasteiger partial charge >= 0.3 is 0 Å². The van der Waals surface area contributed by atoms with Crippen LogP contribution in [0.2, 0.25) is 5.02 Å². The Morgan fingerprint density at radius 2 is 1.74 bits per heavy atom. The number of H-pyrrole nitrogens is 1. The maximum atomic E-state index is 13.9. The number of para-hydroxylation sites is 1. The first-order valence-corrected chi connectivity index (χ1v) is 13.7. The van der Waals surface area contributed by atoms with Gasteiger partial charge in [-0.1, -0.05) is 49.1 Å². The van der Waals surface area contributed by atoms with Crippen molar-refractivity contribution < 1.29 is 4.79 Å². The minimum Gasteiger partial charge on any atom is -0.368 e. The minimum atomic E-state index is 0.146. The number of nitrogens with zero attached hydrogens (tertiary/aromatic N) is 3. The third kappa shape index (κ3) is 4.45. The minimum absolute atomic E-state index is 0.146. The van der Waals surface area contributed by atoms with Crippen LogP contribution in [0.15, 0.2) is 48.7 Å². The molecule has 2 aliphatic heterocycles. The molecule has 5 nitrogen and oxygen atoms in total. The molecule has 1 aliphatic carbocycles. The molecule has 1 amide bonds. The smallest absolute Gasteiger partial charge is 0.230 e. The Bertz CT molecular complexity index is 1190. The first kappa shape index (κ1) is 22.9. The summed E-state index contributed by atoms with van der Waals surface area (Å²) < 4.78 is 0. The summed E-state index contributed by atoms with van der Waals surface area (Å²) in [4.78, 5) is 24.4. The molecule has 3 aliphatic rings. The van der Waals surface area contributed by atoms with Gasteiger partial charge in [-0.3, -0.25) is 9.69 Å². The van der Waals surface area contributed by atoms with Crippen molar-refractivity contribution in [2.45, 2.75) is 51.0 Å². The molecule has 1 N–H and O–H groups in total. The highest BCUT2D eigenvalue weighted by Crippen LogP contribution is 2.39. The first-order chi connectivity index (χ1) is 17.2. The fourth-order valence-electron chi connectivity index (χ4n) is 6.49. The normalized spacial score (nSPS) is 21.9. The summed E-state index contributed by atoms with van der Waals surface area (Å²) in [5.74, 6) is 0.452. The molecule has 6 heteroatoms. The third-order valence-corrected chi connectivity index (χ3v) is 8.67. The monoisotopic (exact) mass is 490 g/mol. The molecular weight excluding hydrogens is 456 g/mol. The van der Waals surface area contributed by atoms with Crippen LogP contribution in [0.3, 0.4) is 0 Å². The standard InChI is InChI=1S/C29H35ClN4O/c30-25-9-4-8-21-12-13-23(34(28(21)25)29(35)22-6-2-1-3-7-22)20-32-16-18-33(19-17-32)27-11-5-10-26-24(27)14-15-31-26/h4-5,8-11,14-15,22-23,31H,1-3,6-7,12-13,16-20H2. The predicted octanol–water partition coefficient (Wildman–Crippen LogP) is 5.87. The Morgan fingerprint density at radius 3 is 2.57 bits per heavy atom. The van der Waals surface area contributed by atoms with Crippen LogP contribution in [0, 0.1) is 5.92 Å². The predicted molar refractivity (Wildman–Crippen MR) is 145 cm³/mol. The van der Waals surface area contributed by atoms with Gasteiger partial charge in [0.15, 0.2) is 0 Å². The van der Waals surface area contributed by atoms with E-state index in [4.69, 9.17) is 11.6 Å². The number of hydrogen-bond acceptors (Lipinski definition) is 3. The summed E-state index contributed by atoms with van der Waals surface area (Å²) in [5, 5.41) is 2.02. The molecule has 35 heavy (non-hydrogen) atoms. The van der Waals surface area contributed by atoms with Gasteiger partial charge in [-0.15, -0.1) is 0 Å². The van der Waals surface area contributed by atoms with Gasteiger partial charge in [0, 0.05) is 67.5 Å². The summed E-state index contributed by atoms with van der Waals surface area (Å²) >= 11 is 6.74. The largest absolute Gasteiger partial charge is 0.368 e. The van der Waals surface area contributed by atoms with E-state index >= 15 is 0 Å². The van der Waals surface area contributed by atoms with E-state index in [1.165, 1.54) is 41.4 Å². The van der Waals surface area contributed by atoms with E-state index < -0.39 is 0 Å². The number of carbonyl (C=O) groups excluding carboxylic acids is 1. The summed E-state index contributed by atoms with van der Waals surface area (Å²) in [7, 11) is 0. The number of carbonyl (C=O) groups is 1. The molecule has 0 bridgehead atoms. The Morgan fingerprint density at radius 1 is 0.943 bits per heavy atom. The van der Waals surface area contributed by atoms with Crippen molar-refractivity contribution in [1.82, 2.24) is 9.88 Å². The lowest BCUT2D eigenvalue weighted by molar-refractivity contribution is -0.124. The van der Waals surface area contributed by atoms with Crippen LogP contribution in [0.4, 0.5) is 11.4 Å². The highest BCUT2D eigenvalue weighted by Gasteiger charge is 2.37. The van der Waals surface area contributed by atoms with E-state index in [-0.39, 0.29) is 12.0 Å². The molecule has 1 unspecified atom stereocenters. The molecule has 1 saturated carbocycles. The van der Waals surface area contributed by atoms with E-state index in [1.54, 1.807) is 0 Å². The van der Waals surface area contributed by atoms with Gasteiger partial charge < -0.3 is 14.8 Å². The zero-order valence-corrected chi connectivity index (χ0v) is 21.1. The molecule has 1 aromatic heterocycles. The summed E-state index contributed by atoms with van der Waals surface area (Å²) in [6.07, 6.45) is 9.65. The average molecular weight is 491 g/mol. The van der Waals surface area contributed by atoms with Gasteiger partial charge in [0.2, 0.25) is 5.91 Å². The summed E-state index contributed by atoms with van der Waals surface area (Å²) in [5.41, 5.74) is 4.72. The summed E-state index contributed by atoms with van der Waals surface area (Å²) in [6, 6.07) is 15.0. The number of rotatable bonds is 4. The number of piperazine rings is 1. The number of fused-ring (bicyclic) bond motifs is 2. The zero-order chi connectivity index (χ0) is 23.8. The van der Waals surface area contributed by atoms with Gasteiger partial charge in [-0.2, -0.15) is 0 Å². The maximum absolute atomic E-state index is 13.9. The van der Waals surface area contributed by atoms with Crippen molar-refractivity contribution >= 4 is 39.8 Å². The van der Waals surface area contributed by atoms with Crippen molar-refractivity contribution in [3.63, 3.8) is 0 Å². The quantitative estimate of drug-likeness (QED) is 0.497. The molecule has 0 radical (unpaired) electrons. The molecule has 184 valence electrons. The number of aromatic amines is 1. The molecule has 2 aromatic carbocycles.